The van der Waals surface area contributed by atoms with Crippen LogP contribution in [0.3, 0.4) is 0 Å². The number of ketones is 1. The van der Waals surface area contributed by atoms with Crippen LogP contribution in [0.4, 0.5) is 5.69 Å². The van der Waals surface area contributed by atoms with Gasteiger partial charge in [0.15, 0.2) is 5.78 Å². The summed E-state index contributed by atoms with van der Waals surface area (Å²) in [7, 11) is 0. The molecule has 0 spiro atoms. The molecule has 0 atom stereocenters. The van der Waals surface area contributed by atoms with Gasteiger partial charge in [0.1, 0.15) is 33.5 Å². The number of halogens is 1. The highest BCUT2D eigenvalue weighted by Crippen LogP contribution is 2.48. The summed E-state index contributed by atoms with van der Waals surface area (Å²) in [5.74, 6) is 0.647. The summed E-state index contributed by atoms with van der Waals surface area (Å²) in [5.41, 5.74) is -0.519. The summed E-state index contributed by atoms with van der Waals surface area (Å²) in [6.45, 7) is 6.85. The minimum atomic E-state index is -1.10. The summed E-state index contributed by atoms with van der Waals surface area (Å²) in [6, 6.07) is 9.52. The molecule has 1 aliphatic heterocycles. The van der Waals surface area contributed by atoms with Crippen molar-refractivity contribution in [1.29, 1.82) is 0 Å². The lowest BCUT2D eigenvalue weighted by atomic mass is 9.81. The van der Waals surface area contributed by atoms with Crippen LogP contribution < -0.4 is 4.74 Å². The molecule has 2 aromatic carbocycles. The highest BCUT2D eigenvalue weighted by Gasteiger charge is 2.48. The zero-order valence-corrected chi connectivity index (χ0v) is 19.0. The molecule has 0 saturated heterocycles. The number of rotatable bonds is 5. The molecule has 0 aromatic heterocycles. The van der Waals surface area contributed by atoms with Crippen molar-refractivity contribution in [2.45, 2.75) is 57.7 Å². The lowest BCUT2D eigenvalue weighted by Crippen LogP contribution is -2.49. The Kier molecular flexibility index (Phi) is 5.30. The first-order valence-electron chi connectivity index (χ1n) is 10.4. The highest BCUT2D eigenvalue weighted by atomic mass is 35.5. The number of carbonyl (C=O) groups is 1. The SMILES string of the molecule is CC1(C)OC(C)(C)C(O)=C(c2cc(Oc3ccc([N+](=O)[O-])c(Cl)c3)ccc2C2CC2)C1=O. The summed E-state index contributed by atoms with van der Waals surface area (Å²) >= 11 is 6.00. The largest absolute Gasteiger partial charge is 0.508 e. The van der Waals surface area contributed by atoms with E-state index in [9.17, 15) is 20.0 Å². The van der Waals surface area contributed by atoms with Crippen molar-refractivity contribution in [3.8, 4) is 11.5 Å². The molecular formula is C24H24ClNO6. The van der Waals surface area contributed by atoms with Crippen molar-refractivity contribution in [1.82, 2.24) is 0 Å². The fourth-order valence-electron chi connectivity index (χ4n) is 4.09. The fourth-order valence-corrected chi connectivity index (χ4v) is 4.33. The maximum atomic E-state index is 13.3. The summed E-state index contributed by atoms with van der Waals surface area (Å²) in [6.07, 6.45) is 2.02. The van der Waals surface area contributed by atoms with Crippen LogP contribution >= 0.6 is 11.6 Å². The fraction of sp³-hybridized carbons (Fsp3) is 0.375. The number of aliphatic hydroxyl groups excluding tert-OH is 1. The summed E-state index contributed by atoms with van der Waals surface area (Å²) in [5, 5.41) is 21.9. The van der Waals surface area contributed by atoms with Crippen LogP contribution in [0.2, 0.25) is 5.02 Å². The number of ether oxygens (including phenoxy) is 2. The predicted octanol–water partition coefficient (Wildman–Crippen LogP) is 6.34. The number of nitro groups is 1. The van der Waals surface area contributed by atoms with Gasteiger partial charge < -0.3 is 14.6 Å². The van der Waals surface area contributed by atoms with E-state index in [1.165, 1.54) is 18.2 Å². The van der Waals surface area contributed by atoms with E-state index in [0.29, 0.717) is 23.0 Å². The van der Waals surface area contributed by atoms with E-state index < -0.39 is 16.1 Å². The van der Waals surface area contributed by atoms with E-state index >= 15 is 0 Å². The van der Waals surface area contributed by atoms with Crippen molar-refractivity contribution < 1.29 is 24.3 Å². The second-order valence-corrected chi connectivity index (χ2v) is 9.58. The van der Waals surface area contributed by atoms with Crippen LogP contribution in [0.5, 0.6) is 11.5 Å². The van der Waals surface area contributed by atoms with Crippen LogP contribution in [0.25, 0.3) is 5.57 Å². The number of benzene rings is 2. The molecule has 8 heteroatoms. The van der Waals surface area contributed by atoms with Gasteiger partial charge in [0.25, 0.3) is 5.69 Å². The zero-order chi connectivity index (χ0) is 23.4. The lowest BCUT2D eigenvalue weighted by molar-refractivity contribution is -0.384. The van der Waals surface area contributed by atoms with Crippen LogP contribution in [0.15, 0.2) is 42.2 Å². The van der Waals surface area contributed by atoms with Crippen LogP contribution in [-0.4, -0.2) is 27.0 Å². The molecule has 1 heterocycles. The van der Waals surface area contributed by atoms with Gasteiger partial charge in [-0.05, 0) is 75.8 Å². The Morgan fingerprint density at radius 3 is 2.31 bits per heavy atom. The van der Waals surface area contributed by atoms with E-state index in [4.69, 9.17) is 21.1 Å². The predicted molar refractivity (Wildman–Crippen MR) is 120 cm³/mol. The molecule has 2 aliphatic rings. The lowest BCUT2D eigenvalue weighted by Gasteiger charge is -2.40. The number of hydrogen-bond donors (Lipinski definition) is 1. The maximum absolute atomic E-state index is 13.3. The van der Waals surface area contributed by atoms with Crippen molar-refractivity contribution >= 4 is 28.6 Å². The molecule has 1 aliphatic carbocycles. The Morgan fingerprint density at radius 1 is 1.09 bits per heavy atom. The molecule has 32 heavy (non-hydrogen) atoms. The third-order valence-electron chi connectivity index (χ3n) is 5.75. The normalized spacial score (nSPS) is 19.7. The minimum absolute atomic E-state index is 0.0363. The smallest absolute Gasteiger partial charge is 0.288 e. The van der Waals surface area contributed by atoms with Gasteiger partial charge >= 0.3 is 0 Å². The van der Waals surface area contributed by atoms with Gasteiger partial charge in [-0.15, -0.1) is 0 Å². The Morgan fingerprint density at radius 2 is 1.72 bits per heavy atom. The molecule has 0 unspecified atom stereocenters. The number of nitro benzene ring substituents is 1. The van der Waals surface area contributed by atoms with Crippen molar-refractivity contribution in [3.63, 3.8) is 0 Å². The topological polar surface area (TPSA) is 98.9 Å². The number of hydrogen-bond acceptors (Lipinski definition) is 6. The Labute approximate surface area is 190 Å². The quantitative estimate of drug-likeness (QED) is 0.415. The first kappa shape index (κ1) is 22.3. The Balaban J connectivity index is 1.79. The third-order valence-corrected chi connectivity index (χ3v) is 6.06. The van der Waals surface area contributed by atoms with Gasteiger partial charge in [0, 0.05) is 12.1 Å². The van der Waals surface area contributed by atoms with Crippen molar-refractivity contribution in [2.24, 2.45) is 0 Å². The van der Waals surface area contributed by atoms with E-state index in [-0.39, 0.29) is 27.8 Å². The van der Waals surface area contributed by atoms with Crippen molar-refractivity contribution in [3.05, 3.63) is 68.4 Å². The molecule has 0 bridgehead atoms. The third kappa shape index (κ3) is 3.98. The molecule has 7 nitrogen and oxygen atoms in total. The second-order valence-electron chi connectivity index (χ2n) is 9.17. The Bertz CT molecular complexity index is 1160. The van der Waals surface area contributed by atoms with Crippen LogP contribution in [0, 0.1) is 10.1 Å². The summed E-state index contributed by atoms with van der Waals surface area (Å²) in [4.78, 5) is 23.7. The highest BCUT2D eigenvalue weighted by molar-refractivity contribution is 6.32. The molecule has 1 saturated carbocycles. The van der Waals surface area contributed by atoms with Gasteiger partial charge in [-0.3, -0.25) is 14.9 Å². The average molecular weight is 458 g/mol. The van der Waals surface area contributed by atoms with Gasteiger partial charge in [-0.1, -0.05) is 17.7 Å². The maximum Gasteiger partial charge on any atom is 0.288 e. The number of Topliss-reactive ketones (excluding diaryl/α,β-unsaturated/α-hetero) is 1. The zero-order valence-electron chi connectivity index (χ0n) is 18.3. The number of nitrogens with zero attached hydrogens (tertiary/aromatic N) is 1. The summed E-state index contributed by atoms with van der Waals surface area (Å²) < 4.78 is 11.8. The van der Waals surface area contributed by atoms with Gasteiger partial charge in [-0.2, -0.15) is 0 Å². The molecule has 4 rings (SSSR count). The second kappa shape index (κ2) is 7.60. The molecule has 1 fully saturated rings. The Hall–Kier alpha value is -2.90. The van der Waals surface area contributed by atoms with Crippen LogP contribution in [-0.2, 0) is 9.53 Å². The molecular weight excluding hydrogens is 434 g/mol. The first-order valence-corrected chi connectivity index (χ1v) is 10.7. The van der Waals surface area contributed by atoms with E-state index in [2.05, 4.69) is 0 Å². The number of carbonyl (C=O) groups excluding carboxylic acids is 1. The molecule has 2 aromatic rings. The van der Waals surface area contributed by atoms with Gasteiger partial charge in [0.05, 0.1) is 10.5 Å². The molecule has 0 amide bonds. The molecule has 1 N–H and O–H groups in total. The van der Waals surface area contributed by atoms with E-state index in [1.54, 1.807) is 39.8 Å². The van der Waals surface area contributed by atoms with Gasteiger partial charge in [-0.25, -0.2) is 0 Å². The van der Waals surface area contributed by atoms with Gasteiger partial charge in [0.2, 0.25) is 0 Å². The number of aliphatic hydroxyl groups is 1. The minimum Gasteiger partial charge on any atom is -0.508 e. The standard InChI is InChI=1S/C24H24ClNO6/c1-23(2)21(27)20(22(28)24(3,4)32-23)17-11-14(7-9-16(17)13-5-6-13)31-15-8-10-19(26(29)30)18(25)12-15/h7-13,27H,5-6H2,1-4H3. The monoisotopic (exact) mass is 457 g/mol. The van der Waals surface area contributed by atoms with Crippen molar-refractivity contribution in [2.75, 3.05) is 0 Å². The van der Waals surface area contributed by atoms with E-state index in [0.717, 1.165) is 18.4 Å². The van der Waals surface area contributed by atoms with E-state index in [1.807, 2.05) is 6.07 Å². The first-order chi connectivity index (χ1) is 14.9. The molecule has 0 radical (unpaired) electrons. The van der Waals surface area contributed by atoms with Crippen LogP contribution in [0.1, 0.15) is 57.6 Å². The average Bonchev–Trinajstić information content (AvgIpc) is 3.51. The molecule has 168 valence electrons.